The van der Waals surface area contributed by atoms with E-state index in [9.17, 15) is 0 Å². The summed E-state index contributed by atoms with van der Waals surface area (Å²) in [6.07, 6.45) is 2.26. The van der Waals surface area contributed by atoms with Gasteiger partial charge >= 0.3 is 0 Å². The first-order valence-corrected chi connectivity index (χ1v) is 19.2. The molecule has 0 unspecified atom stereocenters. The van der Waals surface area contributed by atoms with Crippen molar-refractivity contribution in [3.63, 3.8) is 0 Å². The highest BCUT2D eigenvalue weighted by Crippen LogP contribution is 2.45. The van der Waals surface area contributed by atoms with Crippen LogP contribution in [0.25, 0.3) is 10.9 Å². The molecule has 2 N–H and O–H groups in total. The van der Waals surface area contributed by atoms with Crippen LogP contribution in [0.3, 0.4) is 0 Å². The van der Waals surface area contributed by atoms with Gasteiger partial charge in [0.15, 0.2) is 0 Å². The number of alkyl halides is 2. The van der Waals surface area contributed by atoms with Gasteiger partial charge in [0.25, 0.3) is 19.4 Å². The fraction of sp³-hybridized carbons (Fsp3) is 0.378. The second kappa shape index (κ2) is 13.1. The van der Waals surface area contributed by atoms with E-state index < -0.39 is 38.5 Å². The predicted molar refractivity (Wildman–Crippen MR) is 189 cm³/mol. The lowest BCUT2D eigenvalue weighted by molar-refractivity contribution is -0.0818. The zero-order valence-electron chi connectivity index (χ0n) is 27.7. The maximum atomic E-state index is 16.7. The summed E-state index contributed by atoms with van der Waals surface area (Å²) < 4.78 is 46.2. The SMILES string of the molecule is C[C@@H]1Cc2c([nH]c3ccccc23)[C@@H](c2cnc(O[C@H]3CNOC3)s2)N1CC(F)(F)CO[Si](c1ccccc1)(c1ccccc1)C(C)(C)C. The maximum absolute atomic E-state index is 16.7. The van der Waals surface area contributed by atoms with E-state index >= 15 is 8.78 Å². The number of benzene rings is 3. The van der Waals surface area contributed by atoms with Crippen LogP contribution < -0.4 is 20.6 Å². The summed E-state index contributed by atoms with van der Waals surface area (Å²) in [5.74, 6) is -3.15. The number of aromatic amines is 1. The van der Waals surface area contributed by atoms with Crippen molar-refractivity contribution >= 4 is 40.9 Å². The van der Waals surface area contributed by atoms with Crippen LogP contribution in [0.15, 0.2) is 91.1 Å². The molecule has 4 heterocycles. The van der Waals surface area contributed by atoms with Gasteiger partial charge in [-0.1, -0.05) is 111 Å². The Labute approximate surface area is 285 Å². The summed E-state index contributed by atoms with van der Waals surface area (Å²) in [5, 5.41) is 3.17. The number of halogens is 2. The summed E-state index contributed by atoms with van der Waals surface area (Å²) in [7, 11) is -3.16. The molecule has 7 nitrogen and oxygen atoms in total. The van der Waals surface area contributed by atoms with Gasteiger partial charge in [0, 0.05) is 28.8 Å². The minimum absolute atomic E-state index is 0.156. The monoisotopic (exact) mass is 688 g/mol. The fourth-order valence-electron chi connectivity index (χ4n) is 7.38. The van der Waals surface area contributed by atoms with Crippen molar-refractivity contribution in [2.24, 2.45) is 0 Å². The Morgan fingerprint density at radius 3 is 2.29 bits per heavy atom. The second-order valence-corrected chi connectivity index (χ2v) is 19.3. The van der Waals surface area contributed by atoms with Crippen molar-refractivity contribution in [3.05, 3.63) is 107 Å². The summed E-state index contributed by atoms with van der Waals surface area (Å²) in [6.45, 7) is 8.17. The molecule has 1 fully saturated rings. The van der Waals surface area contributed by atoms with E-state index in [1.54, 1.807) is 6.20 Å². The first-order valence-electron chi connectivity index (χ1n) is 16.5. The molecule has 0 radical (unpaired) electrons. The molecule has 252 valence electrons. The fourth-order valence-corrected chi connectivity index (χ4v) is 12.9. The molecule has 2 aliphatic heterocycles. The molecule has 0 spiro atoms. The van der Waals surface area contributed by atoms with Crippen molar-refractivity contribution < 1.29 is 22.8 Å². The van der Waals surface area contributed by atoms with E-state index in [0.29, 0.717) is 24.8 Å². The lowest BCUT2D eigenvalue weighted by Gasteiger charge is -2.45. The molecule has 5 aromatic rings. The van der Waals surface area contributed by atoms with Crippen molar-refractivity contribution in [2.45, 2.75) is 63.3 Å². The summed E-state index contributed by atoms with van der Waals surface area (Å²) >= 11 is 1.40. The first-order chi connectivity index (χ1) is 23.1. The molecule has 2 aliphatic rings. The van der Waals surface area contributed by atoms with E-state index in [4.69, 9.17) is 14.0 Å². The van der Waals surface area contributed by atoms with Crippen LogP contribution >= 0.6 is 11.3 Å². The Hall–Kier alpha value is -3.45. The summed E-state index contributed by atoms with van der Waals surface area (Å²) in [6, 6.07) is 27.4. The number of aromatic nitrogens is 2. The van der Waals surface area contributed by atoms with Gasteiger partial charge in [0.1, 0.15) is 12.7 Å². The topological polar surface area (TPSA) is 71.6 Å². The number of hydroxylamine groups is 1. The molecule has 3 atom stereocenters. The molecule has 2 aromatic heterocycles. The number of nitrogens with zero attached hydrogens (tertiary/aromatic N) is 2. The largest absolute Gasteiger partial charge is 0.463 e. The number of H-pyrrole nitrogens is 1. The number of ether oxygens (including phenoxy) is 1. The number of hydrogen-bond donors (Lipinski definition) is 2. The quantitative estimate of drug-likeness (QED) is 0.164. The first kappa shape index (κ1) is 33.1. The van der Waals surface area contributed by atoms with Crippen LogP contribution in [0.4, 0.5) is 8.78 Å². The zero-order chi connectivity index (χ0) is 33.5. The number of nitrogens with one attached hydrogen (secondary N) is 2. The maximum Gasteiger partial charge on any atom is 0.282 e. The third-order valence-electron chi connectivity index (χ3n) is 9.57. The van der Waals surface area contributed by atoms with Gasteiger partial charge in [-0.15, -0.1) is 0 Å². The van der Waals surface area contributed by atoms with Crippen molar-refractivity contribution in [1.29, 1.82) is 0 Å². The van der Waals surface area contributed by atoms with Crippen LogP contribution in [-0.4, -0.2) is 67.6 Å². The molecule has 3 aromatic carbocycles. The van der Waals surface area contributed by atoms with Crippen LogP contribution in [0.2, 0.25) is 5.04 Å². The van der Waals surface area contributed by atoms with Crippen molar-refractivity contribution in [2.75, 3.05) is 26.3 Å². The minimum Gasteiger partial charge on any atom is -0.463 e. The number of hydrogen-bond acceptors (Lipinski definition) is 7. The number of para-hydroxylation sites is 1. The van der Waals surface area contributed by atoms with E-state index in [2.05, 4.69) is 42.3 Å². The van der Waals surface area contributed by atoms with Crippen LogP contribution in [-0.2, 0) is 15.7 Å². The van der Waals surface area contributed by atoms with Gasteiger partial charge in [-0.25, -0.2) is 13.8 Å². The molecule has 0 amide bonds. The Balaban J connectivity index is 1.23. The van der Waals surface area contributed by atoms with Gasteiger partial charge in [0.05, 0.1) is 30.6 Å². The average Bonchev–Trinajstić information content (AvgIpc) is 3.83. The highest BCUT2D eigenvalue weighted by Gasteiger charge is 2.52. The lowest BCUT2D eigenvalue weighted by Crippen LogP contribution is -2.67. The number of rotatable bonds is 10. The minimum atomic E-state index is -3.16. The van der Waals surface area contributed by atoms with Gasteiger partial charge < -0.3 is 14.1 Å². The van der Waals surface area contributed by atoms with Gasteiger partial charge in [-0.05, 0) is 40.4 Å². The van der Waals surface area contributed by atoms with Crippen molar-refractivity contribution in [1.82, 2.24) is 20.3 Å². The van der Waals surface area contributed by atoms with Crippen LogP contribution in [0.1, 0.15) is 49.9 Å². The van der Waals surface area contributed by atoms with E-state index in [1.807, 2.05) is 90.7 Å². The third kappa shape index (κ3) is 6.23. The Bertz CT molecular complexity index is 1800. The molecular weight excluding hydrogens is 647 g/mol. The van der Waals surface area contributed by atoms with Crippen molar-refractivity contribution in [3.8, 4) is 5.19 Å². The highest BCUT2D eigenvalue weighted by molar-refractivity contribution is 7.13. The molecule has 11 heteroatoms. The van der Waals surface area contributed by atoms with E-state index in [0.717, 1.165) is 37.4 Å². The standard InChI is InChI=1S/C37H42F2N4O3SSi/c1-25-19-30-29-17-11-12-18-31(29)42-33(30)34(32-21-40-35(47-32)46-26-20-41-44-22-26)43(25)23-37(38,39)24-45-48(36(2,3)4,27-13-7-5-8-14-27)28-15-9-6-10-16-28/h5-18,21,25-26,34,41-42H,19-20,22-24H2,1-4H3/t25-,26+,34-/m1/s1. The summed E-state index contributed by atoms with van der Waals surface area (Å²) in [5.41, 5.74) is 5.92. The molecular formula is C37H42F2N4O3SSi. The molecule has 0 saturated carbocycles. The van der Waals surface area contributed by atoms with E-state index in [-0.39, 0.29) is 12.1 Å². The zero-order valence-corrected chi connectivity index (χ0v) is 29.5. The van der Waals surface area contributed by atoms with Gasteiger partial charge in [-0.3, -0.25) is 9.74 Å². The number of fused-ring (bicyclic) bond motifs is 3. The Morgan fingerprint density at radius 2 is 1.65 bits per heavy atom. The third-order valence-corrected chi connectivity index (χ3v) is 15.5. The molecule has 48 heavy (non-hydrogen) atoms. The summed E-state index contributed by atoms with van der Waals surface area (Å²) in [4.78, 5) is 16.2. The van der Waals surface area contributed by atoms with Crippen LogP contribution in [0.5, 0.6) is 5.19 Å². The molecule has 7 rings (SSSR count). The normalized spacial score (nSPS) is 20.7. The predicted octanol–water partition coefficient (Wildman–Crippen LogP) is 6.45. The smallest absolute Gasteiger partial charge is 0.282 e. The average molecular weight is 689 g/mol. The Morgan fingerprint density at radius 1 is 0.979 bits per heavy atom. The number of thiazole rings is 1. The van der Waals surface area contributed by atoms with Crippen LogP contribution in [0, 0.1) is 0 Å². The highest BCUT2D eigenvalue weighted by atomic mass is 32.1. The lowest BCUT2D eigenvalue weighted by atomic mass is 9.91. The Kier molecular flexibility index (Phi) is 9.03. The second-order valence-electron chi connectivity index (χ2n) is 13.9. The molecule has 0 bridgehead atoms. The van der Waals surface area contributed by atoms with Gasteiger partial charge in [0.2, 0.25) is 0 Å². The van der Waals surface area contributed by atoms with E-state index in [1.165, 1.54) is 11.3 Å². The molecule has 0 aliphatic carbocycles. The molecule has 1 saturated heterocycles. The van der Waals surface area contributed by atoms with Gasteiger partial charge in [-0.2, -0.15) is 5.48 Å².